The van der Waals surface area contributed by atoms with E-state index in [0.29, 0.717) is 25.7 Å². The fraction of sp³-hybridized carbons (Fsp3) is 0.700. The number of ether oxygens (including phenoxy) is 4. The molecule has 14 nitrogen and oxygen atoms in total. The molecule has 548 valence electrons. The van der Waals surface area contributed by atoms with E-state index >= 15 is 0 Å². The molecule has 2 aromatic rings. The third kappa shape index (κ3) is 53.8. The second kappa shape index (κ2) is 65.7. The molecule has 0 unspecified atom stereocenters. The summed E-state index contributed by atoms with van der Waals surface area (Å²) in [6.45, 7) is 9.62. The number of hydrogen-bond acceptors (Lipinski definition) is 14. The van der Waals surface area contributed by atoms with Crippen molar-refractivity contribution in [2.24, 2.45) is 0 Å². The van der Waals surface area contributed by atoms with E-state index in [9.17, 15) is 45.1 Å². The molecule has 0 aliphatic carbocycles. The average molecular weight is 1420 g/mol. The fourth-order valence-electron chi connectivity index (χ4n) is 11.0. The maximum Gasteiger partial charge on any atom is 2.00 e. The molecular formula is C80H130CaO14S2. The second-order valence-electron chi connectivity index (χ2n) is 25.8. The third-order valence-electron chi connectivity index (χ3n) is 17.0. The van der Waals surface area contributed by atoms with Gasteiger partial charge in [0, 0.05) is 0 Å². The Morgan fingerprint density at radius 1 is 0.278 bits per heavy atom. The molecule has 17 heteroatoms. The molecule has 0 spiro atoms. The molecule has 0 aliphatic heterocycles. The molecule has 0 fully saturated rings. The van der Waals surface area contributed by atoms with Gasteiger partial charge in [0.15, 0.2) is 0 Å². The quantitative estimate of drug-likeness (QED) is 0.0150. The Morgan fingerprint density at radius 2 is 0.454 bits per heavy atom. The van der Waals surface area contributed by atoms with Crippen LogP contribution in [0.25, 0.3) is 0 Å². The van der Waals surface area contributed by atoms with E-state index in [1.54, 1.807) is 0 Å². The first-order valence-corrected chi connectivity index (χ1v) is 40.9. The van der Waals surface area contributed by atoms with Crippen molar-refractivity contribution in [2.75, 3.05) is 26.4 Å². The largest absolute Gasteiger partial charge is 2.00 e. The Bertz CT molecular complexity index is 2470. The summed E-state index contributed by atoms with van der Waals surface area (Å²) in [6, 6.07) is 6.21. The molecule has 0 amide bonds. The second-order valence-corrected chi connectivity index (χ2v) is 28.5. The Hall–Kier alpha value is -3.64. The van der Waals surface area contributed by atoms with Crippen LogP contribution >= 0.6 is 0 Å². The van der Waals surface area contributed by atoms with Crippen molar-refractivity contribution in [2.45, 2.75) is 346 Å². The maximum absolute atomic E-state index is 12.9. The van der Waals surface area contributed by atoms with Crippen LogP contribution in [0.2, 0.25) is 0 Å². The molecule has 0 heterocycles. The number of benzene rings is 2. The van der Waals surface area contributed by atoms with Gasteiger partial charge in [0.25, 0.3) is 0 Å². The molecule has 0 aliphatic rings. The summed E-state index contributed by atoms with van der Waals surface area (Å²) in [7, 11) is -9.63. The number of carbonyl (C=O) groups is 4. The predicted octanol–water partition coefficient (Wildman–Crippen LogP) is 22.5. The van der Waals surface area contributed by atoms with E-state index in [1.807, 2.05) is 0 Å². The van der Waals surface area contributed by atoms with E-state index in [0.717, 1.165) is 139 Å². The van der Waals surface area contributed by atoms with Crippen LogP contribution in [0.3, 0.4) is 0 Å². The van der Waals surface area contributed by atoms with Gasteiger partial charge in [-0.2, -0.15) is 0 Å². The van der Waals surface area contributed by atoms with E-state index in [4.69, 9.17) is 18.9 Å². The molecule has 2 rings (SSSR count). The minimum Gasteiger partial charge on any atom is -0.744 e. The van der Waals surface area contributed by atoms with Crippen LogP contribution in [0.15, 0.2) is 94.8 Å². The van der Waals surface area contributed by atoms with Gasteiger partial charge in [-0.05, 0) is 165 Å². The molecule has 0 atom stereocenters. The zero-order valence-corrected chi connectivity index (χ0v) is 64.9. The monoisotopic (exact) mass is 1420 g/mol. The molecule has 0 bridgehead atoms. The van der Waals surface area contributed by atoms with Crippen LogP contribution in [0.4, 0.5) is 0 Å². The van der Waals surface area contributed by atoms with Crippen LogP contribution in [0.1, 0.15) is 377 Å². The first-order valence-electron chi connectivity index (χ1n) is 38.1. The van der Waals surface area contributed by atoms with E-state index < -0.39 is 53.9 Å². The van der Waals surface area contributed by atoms with Gasteiger partial charge in [0.1, 0.15) is 20.2 Å². The van der Waals surface area contributed by atoms with E-state index in [2.05, 4.69) is 76.3 Å². The number of allylic oxidation sites excluding steroid dienone is 8. The van der Waals surface area contributed by atoms with Gasteiger partial charge in [-0.25, -0.2) is 36.0 Å². The maximum atomic E-state index is 12.9. The number of esters is 4. The topological polar surface area (TPSA) is 220 Å². The summed E-state index contributed by atoms with van der Waals surface area (Å²) in [5.74, 6) is -3.13. The molecule has 0 N–H and O–H groups in total. The van der Waals surface area contributed by atoms with Crippen LogP contribution in [0.5, 0.6) is 0 Å². The van der Waals surface area contributed by atoms with Crippen LogP contribution in [-0.4, -0.2) is 114 Å². The first-order chi connectivity index (χ1) is 46.6. The van der Waals surface area contributed by atoms with Gasteiger partial charge >= 0.3 is 61.6 Å². The predicted molar refractivity (Wildman–Crippen MR) is 397 cm³/mol. The summed E-state index contributed by atoms with van der Waals surface area (Å²) in [4.78, 5) is 50.2. The summed E-state index contributed by atoms with van der Waals surface area (Å²) >= 11 is 0. The number of hydrogen-bond donors (Lipinski definition) is 0. The van der Waals surface area contributed by atoms with Crippen molar-refractivity contribution >= 4 is 81.9 Å². The Morgan fingerprint density at radius 3 is 0.649 bits per heavy atom. The van der Waals surface area contributed by atoms with E-state index in [1.165, 1.54) is 180 Å². The SMILES string of the molecule is CCCCCC/C=C/CCCCCCCCOC(=O)c1ccc(S(=O)(=O)[O-])cc1C(=O)OCCCCCCCC/C=C/CCCCCC.CCCCCC/C=C/CCCCCCCCOC(=O)c1ccc(S(=O)(=O)[O-])cc1C(=O)OCCCCCCCC/C=C/CCCCCC.[Ca+2]. The molecule has 0 saturated heterocycles. The third-order valence-corrected chi connectivity index (χ3v) is 18.7. The van der Waals surface area contributed by atoms with Gasteiger partial charge in [0.2, 0.25) is 0 Å². The minimum atomic E-state index is -4.81. The number of unbranched alkanes of at least 4 members (excludes halogenated alkanes) is 40. The van der Waals surface area contributed by atoms with Gasteiger partial charge in [-0.3, -0.25) is 0 Å². The zero-order valence-electron chi connectivity index (χ0n) is 61.1. The molecular weight excluding hydrogens is 1290 g/mol. The standard InChI is InChI=1S/2C40H66O7S.Ca/c2*1-3-5-7-9-11-13-15-17-19-21-23-25-27-29-33-46-39(41)37-32-31-36(48(43,44)45)35-38(37)40(42)47-34-30-28-26-24-22-20-18-16-14-12-10-8-6-4-2;/h2*13-16,31-32,35H,3-12,17-30,33-34H2,1-2H3,(H,43,44,45);/q;;+2/p-2/b2*15-13+,16-14+;. The molecule has 97 heavy (non-hydrogen) atoms. The van der Waals surface area contributed by atoms with Gasteiger partial charge in [-0.1, -0.05) is 256 Å². The number of carbonyl (C=O) groups excluding carboxylic acids is 4. The van der Waals surface area contributed by atoms with Crippen molar-refractivity contribution < 1.29 is 64.1 Å². The van der Waals surface area contributed by atoms with Crippen molar-refractivity contribution in [3.05, 3.63) is 107 Å². The Kier molecular flexibility index (Phi) is 63.2. The van der Waals surface area contributed by atoms with Crippen molar-refractivity contribution in [1.82, 2.24) is 0 Å². The first kappa shape index (κ1) is 93.4. The smallest absolute Gasteiger partial charge is 0.744 e. The summed E-state index contributed by atoms with van der Waals surface area (Å²) in [5, 5.41) is 0. The molecule has 0 aromatic heterocycles. The summed E-state index contributed by atoms with van der Waals surface area (Å²) < 4.78 is 91.1. The van der Waals surface area contributed by atoms with Gasteiger partial charge in [0.05, 0.1) is 58.5 Å². The van der Waals surface area contributed by atoms with Crippen molar-refractivity contribution in [3.63, 3.8) is 0 Å². The average Bonchev–Trinajstić information content (AvgIpc) is 0.828. The van der Waals surface area contributed by atoms with Gasteiger partial charge < -0.3 is 28.1 Å². The minimum absolute atomic E-state index is 0. The molecule has 2 aromatic carbocycles. The Labute approximate surface area is 620 Å². The normalized spacial score (nSPS) is 11.8. The summed E-state index contributed by atoms with van der Waals surface area (Å²) in [6.07, 6.45) is 72.9. The van der Waals surface area contributed by atoms with Crippen molar-refractivity contribution in [1.29, 1.82) is 0 Å². The van der Waals surface area contributed by atoms with Crippen LogP contribution in [0, 0.1) is 0 Å². The van der Waals surface area contributed by atoms with Crippen LogP contribution in [-0.2, 0) is 39.2 Å². The van der Waals surface area contributed by atoms with E-state index in [-0.39, 0.29) is 86.4 Å². The fourth-order valence-corrected chi connectivity index (χ4v) is 12.0. The summed E-state index contributed by atoms with van der Waals surface area (Å²) in [5.41, 5.74) is -0.711. The zero-order chi connectivity index (χ0) is 70.3. The molecule has 0 saturated carbocycles. The Balaban J connectivity index is 0.00000188. The van der Waals surface area contributed by atoms with Crippen molar-refractivity contribution in [3.8, 4) is 0 Å². The van der Waals surface area contributed by atoms with Gasteiger partial charge in [-0.15, -0.1) is 0 Å². The van der Waals surface area contributed by atoms with Crippen LogP contribution < -0.4 is 0 Å². The molecule has 0 radical (unpaired) electrons. The number of rotatable bonds is 62.